The molecular formula is C13H13N3O2. The molecule has 1 atom stereocenters. The molecule has 0 bridgehead atoms. The fourth-order valence-electron chi connectivity index (χ4n) is 1.75. The molecule has 2 aromatic heterocycles. The van der Waals surface area contributed by atoms with E-state index in [9.17, 15) is 0 Å². The van der Waals surface area contributed by atoms with E-state index in [-0.39, 0.29) is 6.04 Å². The Hall–Kier alpha value is -2.14. The molecular weight excluding hydrogens is 230 g/mol. The van der Waals surface area contributed by atoms with Gasteiger partial charge in [0, 0.05) is 5.39 Å². The Morgan fingerprint density at radius 1 is 1.33 bits per heavy atom. The molecule has 0 amide bonds. The summed E-state index contributed by atoms with van der Waals surface area (Å²) in [4.78, 5) is 4.25. The third-order valence-electron chi connectivity index (χ3n) is 2.84. The van der Waals surface area contributed by atoms with E-state index < -0.39 is 0 Å². The molecule has 92 valence electrons. The number of rotatable bonds is 3. The average molecular weight is 243 g/mol. The van der Waals surface area contributed by atoms with Crippen LogP contribution in [0.3, 0.4) is 0 Å². The van der Waals surface area contributed by atoms with E-state index in [4.69, 9.17) is 14.7 Å². The summed E-state index contributed by atoms with van der Waals surface area (Å²) in [6.45, 7) is 1.97. The second-order valence-corrected chi connectivity index (χ2v) is 4.12. The lowest BCUT2D eigenvalue weighted by Crippen LogP contribution is -2.08. The van der Waals surface area contributed by atoms with Crippen LogP contribution in [0.1, 0.15) is 25.3 Å². The summed E-state index contributed by atoms with van der Waals surface area (Å²) in [6.07, 6.45) is 0.752. The highest BCUT2D eigenvalue weighted by molar-refractivity contribution is 5.81. The van der Waals surface area contributed by atoms with Gasteiger partial charge in [-0.1, -0.05) is 30.3 Å². The quantitative estimate of drug-likeness (QED) is 0.765. The smallest absolute Gasteiger partial charge is 0.243 e. The summed E-state index contributed by atoms with van der Waals surface area (Å²) in [5.41, 5.74) is 6.64. The second kappa shape index (κ2) is 4.27. The summed E-state index contributed by atoms with van der Waals surface area (Å²) in [5, 5.41) is 4.90. The molecule has 0 saturated carbocycles. The van der Waals surface area contributed by atoms with Crippen LogP contribution in [0, 0.1) is 0 Å². The number of furan rings is 1. The van der Waals surface area contributed by atoms with Gasteiger partial charge in [0.25, 0.3) is 0 Å². The van der Waals surface area contributed by atoms with Crippen LogP contribution in [0.15, 0.2) is 39.3 Å². The fourth-order valence-corrected chi connectivity index (χ4v) is 1.75. The van der Waals surface area contributed by atoms with Crippen LogP contribution in [0.2, 0.25) is 0 Å². The Labute approximate surface area is 104 Å². The molecule has 2 N–H and O–H groups in total. The molecule has 0 aliphatic rings. The highest BCUT2D eigenvalue weighted by atomic mass is 16.5. The molecule has 2 heterocycles. The van der Waals surface area contributed by atoms with Crippen molar-refractivity contribution in [1.82, 2.24) is 10.1 Å². The molecule has 3 aromatic rings. The fraction of sp³-hybridized carbons (Fsp3) is 0.231. The maximum Gasteiger partial charge on any atom is 0.243 e. The molecule has 5 nitrogen and oxygen atoms in total. The number of nitrogens with zero attached hydrogens (tertiary/aromatic N) is 2. The Kier molecular flexibility index (Phi) is 2.60. The van der Waals surface area contributed by atoms with Crippen molar-refractivity contribution in [3.8, 4) is 11.6 Å². The van der Waals surface area contributed by atoms with Crippen LogP contribution in [0.5, 0.6) is 0 Å². The van der Waals surface area contributed by atoms with Crippen LogP contribution in [-0.4, -0.2) is 10.1 Å². The molecule has 0 fully saturated rings. The SMILES string of the molecule is CCC(N)c1nc(-c2cc3ccccc3o2)no1. The standard InChI is InChI=1S/C13H13N3O2/c1-2-9(14)13-15-12(16-18-13)11-7-8-5-3-4-6-10(8)17-11/h3-7,9H,2,14H2,1H3. The van der Waals surface area contributed by atoms with E-state index in [2.05, 4.69) is 10.1 Å². The summed E-state index contributed by atoms with van der Waals surface area (Å²) >= 11 is 0. The Balaban J connectivity index is 2.01. The van der Waals surface area contributed by atoms with Gasteiger partial charge in [0.2, 0.25) is 11.7 Å². The molecule has 0 aliphatic carbocycles. The number of nitrogens with two attached hydrogens (primary N) is 1. The van der Waals surface area contributed by atoms with Crippen LogP contribution >= 0.6 is 0 Å². The minimum Gasteiger partial charge on any atom is -0.453 e. The molecule has 18 heavy (non-hydrogen) atoms. The van der Waals surface area contributed by atoms with E-state index in [0.29, 0.717) is 17.5 Å². The molecule has 0 radical (unpaired) electrons. The van der Waals surface area contributed by atoms with Crippen LogP contribution in [-0.2, 0) is 0 Å². The summed E-state index contributed by atoms with van der Waals surface area (Å²) < 4.78 is 10.8. The van der Waals surface area contributed by atoms with Crippen LogP contribution in [0.25, 0.3) is 22.6 Å². The maximum atomic E-state index is 5.83. The van der Waals surface area contributed by atoms with E-state index in [0.717, 1.165) is 17.4 Å². The summed E-state index contributed by atoms with van der Waals surface area (Å²) in [7, 11) is 0. The number of hydrogen-bond acceptors (Lipinski definition) is 5. The van der Waals surface area contributed by atoms with Gasteiger partial charge in [-0.15, -0.1) is 0 Å². The third kappa shape index (κ3) is 1.78. The van der Waals surface area contributed by atoms with E-state index in [1.807, 2.05) is 37.3 Å². The van der Waals surface area contributed by atoms with Gasteiger partial charge < -0.3 is 14.7 Å². The first-order valence-electron chi connectivity index (χ1n) is 5.86. The number of fused-ring (bicyclic) bond motifs is 1. The average Bonchev–Trinajstić information content (AvgIpc) is 3.03. The van der Waals surface area contributed by atoms with Gasteiger partial charge in [0.15, 0.2) is 5.76 Å². The third-order valence-corrected chi connectivity index (χ3v) is 2.84. The minimum absolute atomic E-state index is 0.226. The molecule has 3 rings (SSSR count). The molecule has 0 spiro atoms. The van der Waals surface area contributed by atoms with Crippen molar-refractivity contribution in [1.29, 1.82) is 0 Å². The van der Waals surface area contributed by atoms with E-state index in [1.54, 1.807) is 0 Å². The lowest BCUT2D eigenvalue weighted by Gasteiger charge is -1.98. The molecule has 0 saturated heterocycles. The highest BCUT2D eigenvalue weighted by Gasteiger charge is 2.16. The van der Waals surface area contributed by atoms with Crippen molar-refractivity contribution >= 4 is 11.0 Å². The van der Waals surface area contributed by atoms with Gasteiger partial charge in [0.05, 0.1) is 6.04 Å². The first kappa shape index (κ1) is 11.0. The van der Waals surface area contributed by atoms with Crippen LogP contribution < -0.4 is 5.73 Å². The van der Waals surface area contributed by atoms with E-state index >= 15 is 0 Å². The number of para-hydroxylation sites is 1. The minimum atomic E-state index is -0.226. The first-order valence-corrected chi connectivity index (χ1v) is 5.86. The number of aromatic nitrogens is 2. The maximum absolute atomic E-state index is 5.83. The Morgan fingerprint density at radius 2 is 2.17 bits per heavy atom. The number of benzene rings is 1. The number of hydrogen-bond donors (Lipinski definition) is 1. The zero-order chi connectivity index (χ0) is 12.5. The van der Waals surface area contributed by atoms with Crippen molar-refractivity contribution in [2.45, 2.75) is 19.4 Å². The lowest BCUT2D eigenvalue weighted by atomic mass is 10.2. The Bertz CT molecular complexity index is 638. The molecule has 1 unspecified atom stereocenters. The van der Waals surface area contributed by atoms with Crippen molar-refractivity contribution < 1.29 is 8.94 Å². The lowest BCUT2D eigenvalue weighted by molar-refractivity contribution is 0.352. The summed E-state index contributed by atoms with van der Waals surface area (Å²) in [6, 6.07) is 9.41. The normalized spacial score (nSPS) is 13.0. The first-order chi connectivity index (χ1) is 8.78. The molecule has 1 aromatic carbocycles. The molecule has 5 heteroatoms. The van der Waals surface area contributed by atoms with Crippen molar-refractivity contribution in [3.05, 3.63) is 36.2 Å². The van der Waals surface area contributed by atoms with Crippen molar-refractivity contribution in [2.75, 3.05) is 0 Å². The van der Waals surface area contributed by atoms with Crippen molar-refractivity contribution in [3.63, 3.8) is 0 Å². The monoisotopic (exact) mass is 243 g/mol. The van der Waals surface area contributed by atoms with Gasteiger partial charge in [-0.25, -0.2) is 0 Å². The van der Waals surface area contributed by atoms with Crippen molar-refractivity contribution in [2.24, 2.45) is 5.73 Å². The van der Waals surface area contributed by atoms with Gasteiger partial charge >= 0.3 is 0 Å². The van der Waals surface area contributed by atoms with Gasteiger partial charge in [0.1, 0.15) is 5.58 Å². The largest absolute Gasteiger partial charge is 0.453 e. The topological polar surface area (TPSA) is 78.1 Å². The second-order valence-electron chi connectivity index (χ2n) is 4.12. The predicted octanol–water partition coefficient (Wildman–Crippen LogP) is 2.89. The zero-order valence-electron chi connectivity index (χ0n) is 9.96. The highest BCUT2D eigenvalue weighted by Crippen LogP contribution is 2.26. The summed E-state index contributed by atoms with van der Waals surface area (Å²) in [5.74, 6) is 1.47. The van der Waals surface area contributed by atoms with Gasteiger partial charge in [-0.05, 0) is 18.6 Å². The van der Waals surface area contributed by atoms with Crippen LogP contribution in [0.4, 0.5) is 0 Å². The van der Waals surface area contributed by atoms with Gasteiger partial charge in [-0.2, -0.15) is 4.98 Å². The van der Waals surface area contributed by atoms with E-state index in [1.165, 1.54) is 0 Å². The Morgan fingerprint density at radius 3 is 2.94 bits per heavy atom. The predicted molar refractivity (Wildman–Crippen MR) is 66.7 cm³/mol. The zero-order valence-corrected chi connectivity index (χ0v) is 9.96. The van der Waals surface area contributed by atoms with Gasteiger partial charge in [-0.3, -0.25) is 0 Å². The molecule has 0 aliphatic heterocycles.